The Hall–Kier alpha value is -5.32. The molecule has 2 aromatic carbocycles. The molecule has 0 saturated carbocycles. The lowest BCUT2D eigenvalue weighted by Gasteiger charge is -2.10. The zero-order valence-corrected chi connectivity index (χ0v) is 23.6. The molecule has 0 atom stereocenters. The number of benzene rings is 2. The summed E-state index contributed by atoms with van der Waals surface area (Å²) in [4.78, 5) is 68.7. The number of nitro benzene ring substituents is 2. The fraction of sp³-hybridized carbons (Fsp3) is 0.385. The van der Waals surface area contributed by atoms with Gasteiger partial charge in [0.15, 0.2) is 0 Å². The van der Waals surface area contributed by atoms with Gasteiger partial charge in [-0.3, -0.25) is 29.8 Å². The number of nitro groups is 2. The van der Waals surface area contributed by atoms with E-state index in [1.165, 1.54) is 50.5 Å². The average molecular weight is 604 g/mol. The minimum Gasteiger partial charge on any atom is -0.444 e. The highest BCUT2D eigenvalue weighted by atomic mass is 16.6. The summed E-state index contributed by atoms with van der Waals surface area (Å²) in [5, 5.41) is 35.6. The zero-order valence-electron chi connectivity index (χ0n) is 23.6. The third kappa shape index (κ3) is 11.2. The van der Waals surface area contributed by atoms with Crippen LogP contribution in [0.4, 0.5) is 21.0 Å². The number of carbonyl (C=O) groups excluding carboxylic acids is 4. The van der Waals surface area contributed by atoms with E-state index in [4.69, 9.17) is 9.47 Å². The number of rotatable bonds is 16. The highest BCUT2D eigenvalue weighted by Gasteiger charge is 2.19. The molecule has 0 aliphatic rings. The van der Waals surface area contributed by atoms with E-state index in [0.29, 0.717) is 39.0 Å². The lowest BCUT2D eigenvalue weighted by atomic mass is 10.1. The number of hydrogen-bond donors (Lipinski definition) is 5. The summed E-state index contributed by atoms with van der Waals surface area (Å²) < 4.78 is 9.74. The van der Waals surface area contributed by atoms with Gasteiger partial charge in [0.1, 0.15) is 13.2 Å². The topological polar surface area (TPSA) is 233 Å². The van der Waals surface area contributed by atoms with E-state index in [0.717, 1.165) is 0 Å². The number of hydrogen-bond acceptors (Lipinski definition) is 11. The molecule has 17 nitrogen and oxygen atoms in total. The second-order valence-corrected chi connectivity index (χ2v) is 8.82. The highest BCUT2D eigenvalue weighted by molar-refractivity contribution is 5.95. The first-order valence-electron chi connectivity index (χ1n) is 13.1. The molecule has 0 fully saturated rings. The molecular formula is C26H33N7O10. The van der Waals surface area contributed by atoms with Gasteiger partial charge in [0.25, 0.3) is 23.2 Å². The van der Waals surface area contributed by atoms with E-state index in [-0.39, 0.29) is 46.8 Å². The smallest absolute Gasteiger partial charge is 0.407 e. The summed E-state index contributed by atoms with van der Waals surface area (Å²) in [6.07, 6.45) is -0.352. The fourth-order valence-electron chi connectivity index (χ4n) is 3.63. The first-order valence-corrected chi connectivity index (χ1v) is 13.1. The second-order valence-electron chi connectivity index (χ2n) is 8.82. The van der Waals surface area contributed by atoms with Crippen LogP contribution in [0.1, 0.15) is 44.7 Å². The third-order valence-corrected chi connectivity index (χ3v) is 5.83. The molecule has 5 N–H and O–H groups in total. The molecule has 232 valence electrons. The highest BCUT2D eigenvalue weighted by Crippen LogP contribution is 2.22. The van der Waals surface area contributed by atoms with E-state index in [2.05, 4.69) is 26.6 Å². The SMILES string of the molecule is CNC(=O)OCc1cc(C(=O)NCCCNCCCNC(=O)c2ccc([N+](=O)[O-])c(COC(=O)NC)c2)ccc1[N+](=O)[O-]. The summed E-state index contributed by atoms with van der Waals surface area (Å²) in [6.45, 7) is 1.05. The molecule has 0 unspecified atom stereocenters. The molecule has 0 heterocycles. The van der Waals surface area contributed by atoms with Gasteiger partial charge in [0, 0.05) is 50.4 Å². The van der Waals surface area contributed by atoms with E-state index in [9.17, 15) is 39.4 Å². The van der Waals surface area contributed by atoms with Crippen LogP contribution in [-0.4, -0.2) is 74.1 Å². The van der Waals surface area contributed by atoms with Crippen LogP contribution in [0.3, 0.4) is 0 Å². The summed E-state index contributed by atoms with van der Waals surface area (Å²) in [5.74, 6) is -0.873. The van der Waals surface area contributed by atoms with Crippen molar-refractivity contribution in [3.63, 3.8) is 0 Å². The van der Waals surface area contributed by atoms with E-state index in [1.807, 2.05) is 0 Å². The van der Waals surface area contributed by atoms with Gasteiger partial charge in [-0.1, -0.05) is 0 Å². The Bertz CT molecular complexity index is 1240. The Morgan fingerprint density at radius 3 is 1.42 bits per heavy atom. The molecule has 0 spiro atoms. The van der Waals surface area contributed by atoms with Gasteiger partial charge in [-0.25, -0.2) is 9.59 Å². The lowest BCUT2D eigenvalue weighted by molar-refractivity contribution is -0.386. The predicted octanol–water partition coefficient (Wildman–Crippen LogP) is 1.74. The molecule has 0 radical (unpaired) electrons. The number of alkyl carbamates (subject to hydrolysis) is 2. The third-order valence-electron chi connectivity index (χ3n) is 5.83. The van der Waals surface area contributed by atoms with Gasteiger partial charge in [0.05, 0.1) is 21.0 Å². The molecule has 0 aliphatic heterocycles. The minimum absolute atomic E-state index is 0.0825. The Morgan fingerprint density at radius 2 is 1.07 bits per heavy atom. The van der Waals surface area contributed by atoms with Crippen LogP contribution in [0.5, 0.6) is 0 Å². The van der Waals surface area contributed by atoms with Crippen molar-refractivity contribution >= 4 is 35.4 Å². The van der Waals surface area contributed by atoms with Gasteiger partial charge in [-0.15, -0.1) is 0 Å². The van der Waals surface area contributed by atoms with Crippen LogP contribution in [0.25, 0.3) is 0 Å². The number of ether oxygens (including phenoxy) is 2. The maximum absolute atomic E-state index is 12.5. The van der Waals surface area contributed by atoms with Crippen molar-refractivity contribution in [2.24, 2.45) is 0 Å². The van der Waals surface area contributed by atoms with Gasteiger partial charge in [0.2, 0.25) is 0 Å². The minimum atomic E-state index is -0.761. The molecule has 0 aliphatic carbocycles. The standard InChI is InChI=1S/C26H33N7O10/c1-27-25(36)42-15-19-13-17(5-7-21(19)32(38)39)23(34)30-11-3-9-29-10-4-12-31-24(35)18-6-8-22(33(40)41)20(14-18)16-43-26(37)28-2/h5-8,13-14,29H,3-4,9-12,15-16H2,1-2H3,(H,27,36)(H,28,37)(H,30,34)(H,31,35). The average Bonchev–Trinajstić information content (AvgIpc) is 3.00. The van der Waals surface area contributed by atoms with Crippen LogP contribution >= 0.6 is 0 Å². The molecule has 0 aromatic heterocycles. The molecule has 0 bridgehead atoms. The van der Waals surface area contributed by atoms with Crippen molar-refractivity contribution in [1.82, 2.24) is 26.6 Å². The number of nitrogens with one attached hydrogen (secondary N) is 5. The van der Waals surface area contributed by atoms with Crippen molar-refractivity contribution < 1.29 is 38.5 Å². The quantitative estimate of drug-likeness (QED) is 0.105. The maximum atomic E-state index is 12.5. The van der Waals surface area contributed by atoms with Crippen LogP contribution in [-0.2, 0) is 22.7 Å². The largest absolute Gasteiger partial charge is 0.444 e. The predicted molar refractivity (Wildman–Crippen MR) is 151 cm³/mol. The molecule has 0 saturated heterocycles. The van der Waals surface area contributed by atoms with Crippen molar-refractivity contribution in [3.05, 3.63) is 78.9 Å². The number of carbonyl (C=O) groups is 4. The summed E-state index contributed by atoms with van der Waals surface area (Å²) >= 11 is 0. The Balaban J connectivity index is 1.71. The van der Waals surface area contributed by atoms with Crippen LogP contribution in [0.15, 0.2) is 36.4 Å². The lowest BCUT2D eigenvalue weighted by Crippen LogP contribution is -2.29. The first kappa shape index (κ1) is 33.9. The van der Waals surface area contributed by atoms with E-state index in [1.54, 1.807) is 0 Å². The van der Waals surface area contributed by atoms with E-state index >= 15 is 0 Å². The van der Waals surface area contributed by atoms with Crippen molar-refractivity contribution in [3.8, 4) is 0 Å². The normalized spacial score (nSPS) is 10.3. The maximum Gasteiger partial charge on any atom is 0.407 e. The van der Waals surface area contributed by atoms with Crippen molar-refractivity contribution in [2.75, 3.05) is 40.3 Å². The molecule has 4 amide bonds. The summed E-state index contributed by atoms with van der Waals surface area (Å²) in [6, 6.07) is 7.61. The molecular weight excluding hydrogens is 570 g/mol. The zero-order chi connectivity index (χ0) is 31.8. The Labute approximate surface area is 246 Å². The second kappa shape index (κ2) is 17.5. The van der Waals surface area contributed by atoms with E-state index < -0.39 is 33.8 Å². The van der Waals surface area contributed by atoms with Crippen LogP contribution in [0, 0.1) is 20.2 Å². The van der Waals surface area contributed by atoms with Gasteiger partial charge >= 0.3 is 12.2 Å². The molecule has 17 heteroatoms. The Morgan fingerprint density at radius 1 is 0.674 bits per heavy atom. The van der Waals surface area contributed by atoms with Gasteiger partial charge in [-0.2, -0.15) is 0 Å². The van der Waals surface area contributed by atoms with Gasteiger partial charge < -0.3 is 36.1 Å². The molecule has 2 rings (SSSR count). The fourth-order valence-corrected chi connectivity index (χ4v) is 3.63. The summed E-state index contributed by atoms with van der Waals surface area (Å²) in [5.41, 5.74) is -0.0115. The Kier molecular flexibility index (Phi) is 13.8. The molecule has 2 aromatic rings. The van der Waals surface area contributed by atoms with Crippen LogP contribution in [0.2, 0.25) is 0 Å². The first-order chi connectivity index (χ1) is 20.6. The number of amides is 4. The van der Waals surface area contributed by atoms with Crippen molar-refractivity contribution in [1.29, 1.82) is 0 Å². The van der Waals surface area contributed by atoms with Gasteiger partial charge in [-0.05, 0) is 50.2 Å². The summed E-state index contributed by atoms with van der Waals surface area (Å²) in [7, 11) is 2.70. The van der Waals surface area contributed by atoms with Crippen LogP contribution < -0.4 is 26.6 Å². The molecule has 43 heavy (non-hydrogen) atoms. The monoisotopic (exact) mass is 603 g/mol. The van der Waals surface area contributed by atoms with Crippen molar-refractivity contribution in [2.45, 2.75) is 26.1 Å². The number of nitrogens with zero attached hydrogens (tertiary/aromatic N) is 2.